The van der Waals surface area contributed by atoms with Crippen molar-refractivity contribution in [1.29, 1.82) is 0 Å². The number of hydrogen-bond acceptors (Lipinski definition) is 5. The summed E-state index contributed by atoms with van der Waals surface area (Å²) in [4.78, 5) is 33.0. The van der Waals surface area contributed by atoms with Crippen molar-refractivity contribution in [3.8, 4) is 0 Å². The summed E-state index contributed by atoms with van der Waals surface area (Å²) in [6, 6.07) is 5.03. The van der Waals surface area contributed by atoms with Crippen LogP contribution in [0, 0.1) is 13.5 Å². The lowest BCUT2D eigenvalue weighted by Crippen LogP contribution is -2.36. The number of esters is 1. The summed E-state index contributed by atoms with van der Waals surface area (Å²) >= 11 is 0. The minimum Gasteiger partial charge on any atom is -0.461 e. The Morgan fingerprint density at radius 2 is 1.97 bits per heavy atom. The predicted octanol–water partition coefficient (Wildman–Crippen LogP) is 4.72. The van der Waals surface area contributed by atoms with Gasteiger partial charge in [-0.2, -0.15) is 13.2 Å². The number of ether oxygens (including phenoxy) is 1. The first kappa shape index (κ1) is 22.3. The Hall–Kier alpha value is -3.41. The molecular weight excluding hydrogens is 413 g/mol. The van der Waals surface area contributed by atoms with Crippen molar-refractivity contribution in [2.45, 2.75) is 51.9 Å². The highest BCUT2D eigenvalue weighted by Gasteiger charge is 2.46. The molecule has 0 saturated heterocycles. The molecule has 0 bridgehead atoms. The zero-order valence-corrected chi connectivity index (χ0v) is 17.2. The van der Waals surface area contributed by atoms with Gasteiger partial charge < -0.3 is 14.0 Å². The average Bonchev–Trinajstić information content (AvgIpc) is 2.66. The average molecular weight is 432 g/mol. The van der Waals surface area contributed by atoms with E-state index in [2.05, 4.69) is 14.6 Å². The number of allylic oxidation sites excluding steroid dienone is 1. The van der Waals surface area contributed by atoms with Gasteiger partial charge in [0.2, 0.25) is 0 Å². The molecule has 0 N–H and O–H groups in total. The van der Waals surface area contributed by atoms with Crippen LogP contribution in [0.15, 0.2) is 49.7 Å². The molecule has 9 heteroatoms. The molecular formula is C22H19F3N2O4. The molecule has 6 nitrogen and oxygen atoms in total. The molecule has 3 atom stereocenters. The van der Waals surface area contributed by atoms with Gasteiger partial charge >= 0.3 is 12.1 Å². The molecule has 2 heterocycles. The van der Waals surface area contributed by atoms with Gasteiger partial charge in [0.1, 0.15) is 17.3 Å². The number of rotatable bonds is 3. The Morgan fingerprint density at radius 1 is 1.29 bits per heavy atom. The quantitative estimate of drug-likeness (QED) is 0.520. The van der Waals surface area contributed by atoms with Gasteiger partial charge in [0.15, 0.2) is 11.5 Å². The summed E-state index contributed by atoms with van der Waals surface area (Å²) in [5.41, 5.74) is 0.567. The van der Waals surface area contributed by atoms with E-state index >= 15 is 0 Å². The van der Waals surface area contributed by atoms with Crippen molar-refractivity contribution in [3.63, 3.8) is 0 Å². The minimum absolute atomic E-state index is 0.147. The van der Waals surface area contributed by atoms with E-state index < -0.39 is 30.2 Å². The Kier molecular flexibility index (Phi) is 5.77. The van der Waals surface area contributed by atoms with Crippen LogP contribution in [0.1, 0.15) is 38.0 Å². The van der Waals surface area contributed by atoms with Gasteiger partial charge in [0.25, 0.3) is 6.04 Å². The maximum atomic E-state index is 13.0. The van der Waals surface area contributed by atoms with E-state index in [1.807, 2.05) is 0 Å². The Balaban J connectivity index is 2.24. The topological polar surface area (TPSA) is 73.2 Å². The van der Waals surface area contributed by atoms with Gasteiger partial charge in [0.05, 0.1) is 16.7 Å². The molecule has 3 rings (SSSR count). The van der Waals surface area contributed by atoms with Crippen LogP contribution in [0.4, 0.5) is 13.2 Å². The molecule has 0 saturated carbocycles. The van der Waals surface area contributed by atoms with Crippen molar-refractivity contribution in [3.05, 3.63) is 68.5 Å². The number of hydrogen-bond donors (Lipinski definition) is 0. The van der Waals surface area contributed by atoms with Crippen molar-refractivity contribution in [1.82, 2.24) is 0 Å². The van der Waals surface area contributed by atoms with Gasteiger partial charge in [-0.3, -0.25) is 9.79 Å². The van der Waals surface area contributed by atoms with Gasteiger partial charge in [-0.15, -0.1) is 0 Å². The van der Waals surface area contributed by atoms with Crippen LogP contribution >= 0.6 is 0 Å². The van der Waals surface area contributed by atoms with Gasteiger partial charge in [-0.1, -0.05) is 12.1 Å². The summed E-state index contributed by atoms with van der Waals surface area (Å²) in [7, 11) is 0. The fourth-order valence-electron chi connectivity index (χ4n) is 3.63. The highest BCUT2D eigenvalue weighted by atomic mass is 19.4. The Labute approximate surface area is 175 Å². The molecule has 0 fully saturated rings. The fraction of sp³-hybridized carbons (Fsp3) is 0.364. The Bertz CT molecular complexity index is 1220. The summed E-state index contributed by atoms with van der Waals surface area (Å²) in [5.74, 6) is -1.91. The SMILES string of the molecule is [C-]#[N+]C1C(C)=NC(C)=C(C(=O)OC(C)C(F)(F)F)C1c1cccc2c(=O)cc(C)oc12. The summed E-state index contributed by atoms with van der Waals surface area (Å²) in [6.45, 7) is 13.0. The number of aryl methyl sites for hydroxylation is 1. The number of fused-ring (bicyclic) bond motifs is 1. The molecule has 162 valence electrons. The second kappa shape index (κ2) is 8.02. The molecule has 1 aromatic carbocycles. The Morgan fingerprint density at radius 3 is 2.58 bits per heavy atom. The standard InChI is InChI=1S/C22H19F3N2O4/c1-10-9-16(28)14-7-6-8-15(20(14)30-10)18-17(11(2)27-12(3)19(18)26-5)21(29)31-13(4)22(23,24)25/h6-9,13,18-19H,1-4H3. The number of para-hydroxylation sites is 1. The smallest absolute Gasteiger partial charge is 0.425 e. The lowest BCUT2D eigenvalue weighted by atomic mass is 9.79. The van der Waals surface area contributed by atoms with Crippen LogP contribution < -0.4 is 5.43 Å². The molecule has 31 heavy (non-hydrogen) atoms. The number of aliphatic imine (C=N–C) groups is 1. The molecule has 0 aliphatic carbocycles. The van der Waals surface area contributed by atoms with Gasteiger partial charge in [-0.25, -0.2) is 11.4 Å². The van der Waals surface area contributed by atoms with Gasteiger partial charge in [-0.05, 0) is 33.8 Å². The van der Waals surface area contributed by atoms with Gasteiger partial charge in [0, 0.05) is 17.3 Å². The van der Waals surface area contributed by atoms with Crippen molar-refractivity contribution in [2.75, 3.05) is 0 Å². The third kappa shape index (κ3) is 4.10. The third-order valence-corrected chi connectivity index (χ3v) is 5.14. The molecule has 0 spiro atoms. The summed E-state index contributed by atoms with van der Waals surface area (Å²) in [5, 5.41) is 0.237. The molecule has 0 radical (unpaired) electrons. The maximum Gasteiger partial charge on any atom is 0.425 e. The van der Waals surface area contributed by atoms with Crippen LogP contribution in [0.3, 0.4) is 0 Å². The largest absolute Gasteiger partial charge is 0.461 e. The highest BCUT2D eigenvalue weighted by molar-refractivity contribution is 6.01. The fourth-order valence-corrected chi connectivity index (χ4v) is 3.63. The second-order valence-electron chi connectivity index (χ2n) is 7.34. The number of alkyl halides is 3. The van der Waals surface area contributed by atoms with E-state index in [9.17, 15) is 22.8 Å². The van der Waals surface area contributed by atoms with E-state index in [4.69, 9.17) is 11.0 Å². The number of carbonyl (C=O) groups excluding carboxylic acids is 1. The van der Waals surface area contributed by atoms with Crippen LogP contribution in [0.25, 0.3) is 15.8 Å². The molecule has 1 aliphatic rings. The van der Waals surface area contributed by atoms with E-state index in [1.165, 1.54) is 13.0 Å². The van der Waals surface area contributed by atoms with Crippen LogP contribution in [0.2, 0.25) is 0 Å². The first-order chi connectivity index (χ1) is 14.5. The molecule has 2 aromatic rings. The van der Waals surface area contributed by atoms with E-state index in [-0.39, 0.29) is 27.7 Å². The number of carbonyl (C=O) groups is 1. The summed E-state index contributed by atoms with van der Waals surface area (Å²) in [6.07, 6.45) is -7.08. The van der Waals surface area contributed by atoms with Crippen LogP contribution in [0.5, 0.6) is 0 Å². The minimum atomic E-state index is -4.74. The number of halogens is 3. The maximum absolute atomic E-state index is 13.0. The molecule has 3 unspecified atom stereocenters. The normalized spacial score (nSPS) is 20.3. The monoisotopic (exact) mass is 432 g/mol. The van der Waals surface area contributed by atoms with Crippen LogP contribution in [-0.2, 0) is 9.53 Å². The van der Waals surface area contributed by atoms with E-state index in [1.54, 1.807) is 32.0 Å². The first-order valence-corrected chi connectivity index (χ1v) is 9.39. The molecule has 0 amide bonds. The van der Waals surface area contributed by atoms with Crippen molar-refractivity contribution in [2.24, 2.45) is 4.99 Å². The van der Waals surface area contributed by atoms with E-state index in [0.29, 0.717) is 17.0 Å². The number of nitrogens with zero attached hydrogens (tertiary/aromatic N) is 2. The zero-order valence-electron chi connectivity index (χ0n) is 17.2. The summed E-state index contributed by atoms with van der Waals surface area (Å²) < 4.78 is 49.4. The number of benzene rings is 1. The third-order valence-electron chi connectivity index (χ3n) is 5.14. The van der Waals surface area contributed by atoms with Crippen LogP contribution in [-0.4, -0.2) is 30.0 Å². The van der Waals surface area contributed by atoms with Crippen molar-refractivity contribution >= 4 is 22.7 Å². The highest BCUT2D eigenvalue weighted by Crippen LogP contribution is 2.40. The van der Waals surface area contributed by atoms with Crippen molar-refractivity contribution < 1.29 is 27.1 Å². The predicted molar refractivity (Wildman–Crippen MR) is 108 cm³/mol. The zero-order chi connectivity index (χ0) is 23.1. The van der Waals surface area contributed by atoms with E-state index in [0.717, 1.165) is 6.92 Å². The lowest BCUT2D eigenvalue weighted by Gasteiger charge is -2.27. The lowest BCUT2D eigenvalue weighted by molar-refractivity contribution is -0.214. The molecule has 1 aliphatic heterocycles. The second-order valence-corrected chi connectivity index (χ2v) is 7.34. The molecule has 1 aromatic heterocycles. The first-order valence-electron chi connectivity index (χ1n) is 9.39.